The number of anilines is 3. The van der Waals surface area contributed by atoms with Gasteiger partial charge in [-0.1, -0.05) is 170 Å². The Kier molecular flexibility index (Phi) is 6.22. The first kappa shape index (κ1) is 29.3. The number of hydrogen-bond acceptors (Lipinski definition) is 2. The van der Waals surface area contributed by atoms with Gasteiger partial charge in [-0.2, -0.15) is 0 Å². The molecule has 11 rings (SSSR count). The highest BCUT2D eigenvalue weighted by Gasteiger charge is 2.52. The second kappa shape index (κ2) is 11.0. The number of rotatable bonds is 3. The summed E-state index contributed by atoms with van der Waals surface area (Å²) in [5, 5.41) is 5.24. The number of hydrogen-bond donors (Lipinski definition) is 0. The molecular formula is C49H33NOSi. The fraction of sp³-hybridized carbons (Fsp3) is 0.0204. The number of para-hydroxylation sites is 3. The molecule has 0 aromatic heterocycles. The summed E-state index contributed by atoms with van der Waals surface area (Å²) >= 11 is 0. The van der Waals surface area contributed by atoms with Crippen LogP contribution in [0.3, 0.4) is 0 Å². The summed E-state index contributed by atoms with van der Waals surface area (Å²) in [7, 11) is -2.74. The molecule has 2 heterocycles. The van der Waals surface area contributed by atoms with Crippen molar-refractivity contribution in [1.82, 2.24) is 0 Å². The smallest absolute Gasteiger partial charge is 0.188 e. The van der Waals surface area contributed by atoms with E-state index in [4.69, 9.17) is 4.74 Å². The zero-order valence-corrected chi connectivity index (χ0v) is 29.4. The Balaban J connectivity index is 1.18. The van der Waals surface area contributed by atoms with Crippen LogP contribution in [-0.2, 0) is 5.41 Å². The molecule has 3 aliphatic rings. The lowest BCUT2D eigenvalue weighted by molar-refractivity contribution is 0.487. The lowest BCUT2D eigenvalue weighted by Gasteiger charge is -2.45. The van der Waals surface area contributed by atoms with Crippen molar-refractivity contribution in [2.75, 3.05) is 4.90 Å². The summed E-state index contributed by atoms with van der Waals surface area (Å²) in [6.45, 7) is 0. The predicted octanol–water partition coefficient (Wildman–Crippen LogP) is 9.32. The summed E-state index contributed by atoms with van der Waals surface area (Å²) in [6.07, 6.45) is 0. The molecule has 1 aliphatic carbocycles. The number of fused-ring (bicyclic) bond motifs is 11. The molecule has 2 nitrogen and oxygen atoms in total. The minimum Gasteiger partial charge on any atom is -0.457 e. The van der Waals surface area contributed by atoms with E-state index >= 15 is 0 Å². The molecule has 2 aliphatic heterocycles. The van der Waals surface area contributed by atoms with Gasteiger partial charge >= 0.3 is 0 Å². The third-order valence-corrected chi connectivity index (χ3v) is 16.4. The molecule has 0 amide bonds. The molecule has 52 heavy (non-hydrogen) atoms. The number of ether oxygens (including phenoxy) is 1. The van der Waals surface area contributed by atoms with Crippen molar-refractivity contribution in [3.63, 3.8) is 0 Å². The van der Waals surface area contributed by atoms with E-state index in [1.807, 2.05) is 0 Å². The van der Waals surface area contributed by atoms with Crippen LogP contribution in [0.2, 0.25) is 0 Å². The van der Waals surface area contributed by atoms with Crippen molar-refractivity contribution in [3.05, 3.63) is 222 Å². The van der Waals surface area contributed by atoms with Crippen molar-refractivity contribution in [1.29, 1.82) is 0 Å². The summed E-state index contributed by atoms with van der Waals surface area (Å²) < 4.78 is 6.98. The average Bonchev–Trinajstić information content (AvgIpc) is 3.51. The summed E-state index contributed by atoms with van der Waals surface area (Å²) in [6, 6.07) is 73.8. The van der Waals surface area contributed by atoms with Gasteiger partial charge in [-0.05, 0) is 78.4 Å². The third kappa shape index (κ3) is 3.73. The van der Waals surface area contributed by atoms with E-state index in [2.05, 4.69) is 205 Å². The van der Waals surface area contributed by atoms with Crippen LogP contribution >= 0.6 is 0 Å². The molecule has 0 N–H and O–H groups in total. The van der Waals surface area contributed by atoms with Crippen LogP contribution < -0.4 is 30.4 Å². The van der Waals surface area contributed by atoms with E-state index < -0.39 is 13.5 Å². The van der Waals surface area contributed by atoms with Crippen molar-refractivity contribution in [2.24, 2.45) is 0 Å². The molecular weight excluding hydrogens is 647 g/mol. The van der Waals surface area contributed by atoms with Crippen LogP contribution in [0.1, 0.15) is 22.3 Å². The molecule has 0 radical (unpaired) electrons. The Hall–Kier alpha value is -6.42. The Labute approximate surface area is 304 Å². The lowest BCUT2D eigenvalue weighted by Crippen LogP contribution is -2.76. The van der Waals surface area contributed by atoms with Crippen molar-refractivity contribution >= 4 is 45.9 Å². The quantitative estimate of drug-likeness (QED) is 0.173. The Morgan fingerprint density at radius 2 is 0.846 bits per heavy atom. The van der Waals surface area contributed by atoms with Gasteiger partial charge in [-0.15, -0.1) is 0 Å². The van der Waals surface area contributed by atoms with Gasteiger partial charge in [0.2, 0.25) is 0 Å². The number of nitrogens with zero attached hydrogens (tertiary/aromatic N) is 1. The maximum atomic E-state index is 6.98. The van der Waals surface area contributed by atoms with Crippen molar-refractivity contribution in [3.8, 4) is 22.6 Å². The van der Waals surface area contributed by atoms with Crippen molar-refractivity contribution < 1.29 is 4.74 Å². The monoisotopic (exact) mass is 679 g/mol. The van der Waals surface area contributed by atoms with Crippen molar-refractivity contribution in [2.45, 2.75) is 5.41 Å². The molecule has 3 heteroatoms. The van der Waals surface area contributed by atoms with Crippen LogP contribution in [0.5, 0.6) is 11.5 Å². The molecule has 0 fully saturated rings. The molecule has 244 valence electrons. The molecule has 1 spiro atoms. The predicted molar refractivity (Wildman–Crippen MR) is 216 cm³/mol. The fourth-order valence-corrected chi connectivity index (χ4v) is 14.6. The summed E-state index contributed by atoms with van der Waals surface area (Å²) in [4.78, 5) is 2.46. The highest BCUT2D eigenvalue weighted by molar-refractivity contribution is 7.20. The zero-order valence-electron chi connectivity index (χ0n) is 28.4. The van der Waals surface area contributed by atoms with E-state index in [0.717, 1.165) is 17.2 Å². The molecule has 8 aromatic carbocycles. The second-order valence-electron chi connectivity index (χ2n) is 14.0. The fourth-order valence-electron chi connectivity index (χ4n) is 9.68. The molecule has 0 atom stereocenters. The molecule has 0 saturated heterocycles. The van der Waals surface area contributed by atoms with Gasteiger partial charge in [0.05, 0.1) is 16.8 Å². The van der Waals surface area contributed by atoms with Crippen LogP contribution in [0, 0.1) is 0 Å². The maximum Gasteiger partial charge on any atom is 0.188 e. The Morgan fingerprint density at radius 3 is 1.44 bits per heavy atom. The Morgan fingerprint density at radius 1 is 0.385 bits per heavy atom. The number of benzene rings is 8. The standard InChI is InChI=1S/C49H33NOSi/c1-3-17-35(18-4-1)52(36-19-5-2-6-20-36)47-30-16-15-29-45(47)51-46-33-34(31-32-48(46)52)50-43-27-13-11-25-41(43)49(42-26-12-14-28-44(42)50)39-23-9-7-21-37(39)38-22-8-10-24-40(38)49/h1-33H. The normalized spacial score (nSPS) is 15.0. The van der Waals surface area contributed by atoms with Gasteiger partial charge in [0.1, 0.15) is 11.5 Å². The highest BCUT2D eigenvalue weighted by atomic mass is 28.3. The first-order valence-corrected chi connectivity index (χ1v) is 20.0. The maximum absolute atomic E-state index is 6.98. The minimum atomic E-state index is -2.74. The summed E-state index contributed by atoms with van der Waals surface area (Å²) in [5.74, 6) is 1.85. The summed E-state index contributed by atoms with van der Waals surface area (Å²) in [5.41, 5.74) is 10.8. The first-order valence-electron chi connectivity index (χ1n) is 18.0. The van der Waals surface area contributed by atoms with Crippen LogP contribution in [-0.4, -0.2) is 8.07 Å². The van der Waals surface area contributed by atoms with E-state index in [0.29, 0.717) is 0 Å². The van der Waals surface area contributed by atoms with Crippen LogP contribution in [0.15, 0.2) is 200 Å². The van der Waals surface area contributed by atoms with E-state index in [-0.39, 0.29) is 0 Å². The zero-order chi connectivity index (χ0) is 34.3. The van der Waals surface area contributed by atoms with E-state index in [1.54, 1.807) is 0 Å². The largest absolute Gasteiger partial charge is 0.457 e. The van der Waals surface area contributed by atoms with Gasteiger partial charge in [-0.3, -0.25) is 0 Å². The van der Waals surface area contributed by atoms with E-state index in [9.17, 15) is 0 Å². The third-order valence-electron chi connectivity index (χ3n) is 11.6. The highest BCUT2D eigenvalue weighted by Crippen LogP contribution is 2.63. The molecule has 8 aromatic rings. The Bertz CT molecular complexity index is 2550. The lowest BCUT2D eigenvalue weighted by atomic mass is 9.64. The second-order valence-corrected chi connectivity index (χ2v) is 17.7. The van der Waals surface area contributed by atoms with Gasteiger partial charge in [-0.25, -0.2) is 0 Å². The van der Waals surface area contributed by atoms with E-state index in [1.165, 1.54) is 65.5 Å². The van der Waals surface area contributed by atoms with Gasteiger partial charge in [0, 0.05) is 11.8 Å². The van der Waals surface area contributed by atoms with Crippen LogP contribution in [0.25, 0.3) is 11.1 Å². The van der Waals surface area contributed by atoms with Gasteiger partial charge in [0.15, 0.2) is 8.07 Å². The molecule has 0 unspecified atom stereocenters. The van der Waals surface area contributed by atoms with Gasteiger partial charge < -0.3 is 9.64 Å². The average molecular weight is 680 g/mol. The first-order chi connectivity index (χ1) is 25.8. The molecule has 0 saturated carbocycles. The van der Waals surface area contributed by atoms with Crippen LogP contribution in [0.4, 0.5) is 17.1 Å². The molecule has 0 bridgehead atoms. The minimum absolute atomic E-state index is 0.441. The topological polar surface area (TPSA) is 12.5 Å². The SMILES string of the molecule is c1ccc([Si]2(c3ccccc3)c3ccccc3Oc3cc(N4c5ccccc5C5(c6ccccc6-c6ccccc65)c5ccccc54)ccc32)cc1. The van der Waals surface area contributed by atoms with Gasteiger partial charge in [0.25, 0.3) is 0 Å².